The molecule has 0 spiro atoms. The zero-order chi connectivity index (χ0) is 13.1. The van der Waals surface area contributed by atoms with E-state index in [0.717, 1.165) is 0 Å². The van der Waals surface area contributed by atoms with Gasteiger partial charge in [-0.05, 0) is 96.5 Å². The lowest BCUT2D eigenvalue weighted by Gasteiger charge is -2.32. The lowest BCUT2D eigenvalue weighted by atomic mass is 9.72. The molecule has 2 aliphatic carbocycles. The maximum absolute atomic E-state index is 2.44. The van der Waals surface area contributed by atoms with Crippen LogP contribution in [-0.2, 0) is 25.7 Å². The molecule has 0 bridgehead atoms. The van der Waals surface area contributed by atoms with Gasteiger partial charge in [0.15, 0.2) is 0 Å². The van der Waals surface area contributed by atoms with E-state index < -0.39 is 0 Å². The van der Waals surface area contributed by atoms with Crippen molar-refractivity contribution in [1.82, 2.24) is 0 Å². The van der Waals surface area contributed by atoms with Crippen molar-refractivity contribution in [2.24, 2.45) is 0 Å². The Morgan fingerprint density at radius 1 is 0.684 bits per heavy atom. The van der Waals surface area contributed by atoms with Crippen LogP contribution in [0.3, 0.4) is 0 Å². The van der Waals surface area contributed by atoms with Gasteiger partial charge in [0.05, 0.1) is 0 Å². The molecular weight excluding hydrogens is 228 g/mol. The lowest BCUT2D eigenvalue weighted by Crippen LogP contribution is -2.16. The number of aryl methyl sites for hydroxylation is 4. The summed E-state index contributed by atoms with van der Waals surface area (Å²) in [4.78, 5) is 0. The number of hydrogen-bond donors (Lipinski definition) is 0. The lowest BCUT2D eigenvalue weighted by molar-refractivity contribution is 0.860. The number of hydrogen-bond acceptors (Lipinski definition) is 0. The van der Waals surface area contributed by atoms with E-state index in [1.54, 1.807) is 33.4 Å². The Balaban J connectivity index is 2.15. The molecule has 19 heavy (non-hydrogen) atoms. The first-order chi connectivity index (χ1) is 9.16. The van der Waals surface area contributed by atoms with Crippen molar-refractivity contribution in [3.8, 4) is 11.1 Å². The zero-order valence-corrected chi connectivity index (χ0v) is 12.1. The molecule has 0 amide bonds. The summed E-state index contributed by atoms with van der Waals surface area (Å²) in [5.74, 6) is 0. The molecule has 2 aliphatic rings. The van der Waals surface area contributed by atoms with Gasteiger partial charge >= 0.3 is 0 Å². The first kappa shape index (κ1) is 11.3. The van der Waals surface area contributed by atoms with E-state index in [4.69, 9.17) is 0 Å². The highest BCUT2D eigenvalue weighted by molar-refractivity contribution is 5.83. The van der Waals surface area contributed by atoms with Crippen LogP contribution in [0.25, 0.3) is 11.1 Å². The molecule has 0 atom stereocenters. The minimum Gasteiger partial charge on any atom is -0.0587 e. The van der Waals surface area contributed by atoms with E-state index in [1.165, 1.54) is 42.4 Å². The van der Waals surface area contributed by atoms with Crippen molar-refractivity contribution in [3.05, 3.63) is 57.1 Å². The SMILES string of the molecule is Cc1cc2c3c(c1C)CCc1c(C)ccc(c1-3)CC2. The normalized spacial score (nSPS) is 15.3. The van der Waals surface area contributed by atoms with E-state index >= 15 is 0 Å². The Morgan fingerprint density at radius 3 is 2.21 bits per heavy atom. The Bertz CT molecular complexity index is 705. The van der Waals surface area contributed by atoms with Crippen molar-refractivity contribution in [3.63, 3.8) is 0 Å². The van der Waals surface area contributed by atoms with Crippen LogP contribution in [0.2, 0.25) is 0 Å². The molecule has 0 aliphatic heterocycles. The highest BCUT2D eigenvalue weighted by Gasteiger charge is 2.27. The Hall–Kier alpha value is -1.56. The van der Waals surface area contributed by atoms with Crippen molar-refractivity contribution in [1.29, 1.82) is 0 Å². The molecule has 0 fully saturated rings. The van der Waals surface area contributed by atoms with Gasteiger partial charge in [0.25, 0.3) is 0 Å². The van der Waals surface area contributed by atoms with Gasteiger partial charge in [0, 0.05) is 0 Å². The van der Waals surface area contributed by atoms with Gasteiger partial charge in [-0.3, -0.25) is 0 Å². The van der Waals surface area contributed by atoms with E-state index in [0.29, 0.717) is 0 Å². The maximum atomic E-state index is 2.44. The molecule has 0 aromatic heterocycles. The van der Waals surface area contributed by atoms with E-state index in [1.807, 2.05) is 0 Å². The Labute approximate surface area is 115 Å². The molecule has 0 saturated carbocycles. The van der Waals surface area contributed by atoms with E-state index in [9.17, 15) is 0 Å². The summed E-state index contributed by atoms with van der Waals surface area (Å²) in [5.41, 5.74) is 14.1. The fourth-order valence-corrected chi connectivity index (χ4v) is 4.04. The van der Waals surface area contributed by atoms with Crippen molar-refractivity contribution < 1.29 is 0 Å². The van der Waals surface area contributed by atoms with Crippen LogP contribution in [-0.4, -0.2) is 0 Å². The van der Waals surface area contributed by atoms with Gasteiger partial charge in [0.1, 0.15) is 0 Å². The van der Waals surface area contributed by atoms with Crippen molar-refractivity contribution >= 4 is 0 Å². The second-order valence-electron chi connectivity index (χ2n) is 6.23. The standard InChI is InChI=1S/C19H20/c1-11-4-5-14-6-7-15-10-12(2)13(3)17-9-8-16(11)18(14)19(15)17/h4-5,10H,6-9H2,1-3H3. The molecular formula is C19H20. The Morgan fingerprint density at radius 2 is 1.37 bits per heavy atom. The quantitative estimate of drug-likeness (QED) is 0.645. The molecule has 0 unspecified atom stereocenters. The van der Waals surface area contributed by atoms with E-state index in [-0.39, 0.29) is 0 Å². The average molecular weight is 248 g/mol. The largest absolute Gasteiger partial charge is 0.0587 e. The summed E-state index contributed by atoms with van der Waals surface area (Å²) in [6.45, 7) is 6.85. The first-order valence-electron chi connectivity index (χ1n) is 7.40. The molecule has 0 heteroatoms. The Kier molecular flexibility index (Phi) is 2.21. The van der Waals surface area contributed by atoms with Gasteiger partial charge in [0.2, 0.25) is 0 Å². The van der Waals surface area contributed by atoms with Crippen LogP contribution >= 0.6 is 0 Å². The molecule has 0 nitrogen and oxygen atoms in total. The maximum Gasteiger partial charge on any atom is -0.0111 e. The second-order valence-corrected chi connectivity index (χ2v) is 6.23. The van der Waals surface area contributed by atoms with Crippen LogP contribution in [0.5, 0.6) is 0 Å². The fraction of sp³-hybridized carbons (Fsp3) is 0.368. The third-order valence-electron chi connectivity index (χ3n) is 5.23. The summed E-state index contributed by atoms with van der Waals surface area (Å²) in [6.07, 6.45) is 4.90. The number of rotatable bonds is 0. The summed E-state index contributed by atoms with van der Waals surface area (Å²) < 4.78 is 0. The average Bonchev–Trinajstić information content (AvgIpc) is 2.42. The molecule has 0 N–H and O–H groups in total. The predicted octanol–water partition coefficient (Wildman–Crippen LogP) is 4.48. The van der Waals surface area contributed by atoms with Crippen LogP contribution in [0.1, 0.15) is 38.9 Å². The molecule has 2 aromatic rings. The molecule has 0 saturated heterocycles. The van der Waals surface area contributed by atoms with Gasteiger partial charge < -0.3 is 0 Å². The minimum atomic E-state index is 1.22. The van der Waals surface area contributed by atoms with Crippen LogP contribution in [0.4, 0.5) is 0 Å². The van der Waals surface area contributed by atoms with Crippen LogP contribution in [0, 0.1) is 20.8 Å². The van der Waals surface area contributed by atoms with Gasteiger partial charge in [-0.2, -0.15) is 0 Å². The first-order valence-corrected chi connectivity index (χ1v) is 7.40. The van der Waals surface area contributed by atoms with Crippen molar-refractivity contribution in [2.45, 2.75) is 46.5 Å². The highest BCUT2D eigenvalue weighted by Crippen LogP contribution is 2.45. The molecule has 0 heterocycles. The van der Waals surface area contributed by atoms with E-state index in [2.05, 4.69) is 39.0 Å². The third kappa shape index (κ3) is 1.40. The minimum absolute atomic E-state index is 1.22. The summed E-state index contributed by atoms with van der Waals surface area (Å²) in [5, 5.41) is 0. The molecule has 2 aromatic carbocycles. The molecule has 0 radical (unpaired) electrons. The molecule has 4 rings (SSSR count). The monoisotopic (exact) mass is 248 g/mol. The van der Waals surface area contributed by atoms with Crippen LogP contribution in [0.15, 0.2) is 18.2 Å². The van der Waals surface area contributed by atoms with Crippen LogP contribution < -0.4 is 0 Å². The van der Waals surface area contributed by atoms with Gasteiger partial charge in [-0.25, -0.2) is 0 Å². The van der Waals surface area contributed by atoms with Crippen molar-refractivity contribution in [2.75, 3.05) is 0 Å². The highest BCUT2D eigenvalue weighted by atomic mass is 14.3. The number of benzene rings is 2. The summed E-state index contributed by atoms with van der Waals surface area (Å²) >= 11 is 0. The summed E-state index contributed by atoms with van der Waals surface area (Å²) in [7, 11) is 0. The fourth-order valence-electron chi connectivity index (χ4n) is 4.04. The van der Waals surface area contributed by atoms with Gasteiger partial charge in [-0.1, -0.05) is 18.2 Å². The topological polar surface area (TPSA) is 0 Å². The molecule has 96 valence electrons. The smallest absolute Gasteiger partial charge is 0.0111 e. The van der Waals surface area contributed by atoms with Gasteiger partial charge in [-0.15, -0.1) is 0 Å². The zero-order valence-electron chi connectivity index (χ0n) is 12.1. The predicted molar refractivity (Wildman–Crippen MR) is 80.9 cm³/mol. The second kappa shape index (κ2) is 3.72. The third-order valence-corrected chi connectivity index (χ3v) is 5.23. The summed E-state index contributed by atoms with van der Waals surface area (Å²) in [6, 6.07) is 7.13.